The number of hydrogen-bond donors (Lipinski definition) is 2. The van der Waals surface area contributed by atoms with Crippen LogP contribution in [0.1, 0.15) is 31.9 Å². The van der Waals surface area contributed by atoms with Crippen LogP contribution in [0.25, 0.3) is 10.6 Å². The van der Waals surface area contributed by atoms with Gasteiger partial charge in [0.2, 0.25) is 5.91 Å². The number of rotatable bonds is 7. The normalized spacial score (nSPS) is 10.6. The van der Waals surface area contributed by atoms with Gasteiger partial charge in [0.15, 0.2) is 0 Å². The van der Waals surface area contributed by atoms with Crippen LogP contribution >= 0.6 is 11.3 Å². The van der Waals surface area contributed by atoms with Crippen molar-refractivity contribution >= 4 is 17.2 Å². The number of aromatic amines is 1. The maximum atomic E-state index is 11.5. The Morgan fingerprint density at radius 1 is 1.53 bits per heavy atom. The van der Waals surface area contributed by atoms with Gasteiger partial charge >= 0.3 is 0 Å². The summed E-state index contributed by atoms with van der Waals surface area (Å²) in [5.41, 5.74) is 2.08. The fourth-order valence-corrected chi connectivity index (χ4v) is 2.64. The van der Waals surface area contributed by atoms with Gasteiger partial charge in [-0.05, 0) is 17.9 Å². The average molecular weight is 277 g/mol. The number of hydrogen-bond acceptors (Lipinski definition) is 3. The third kappa shape index (κ3) is 3.92. The second-order valence-electron chi connectivity index (χ2n) is 4.41. The fraction of sp³-hybridized carbons (Fsp3) is 0.429. The van der Waals surface area contributed by atoms with Crippen LogP contribution in [0.5, 0.6) is 0 Å². The lowest BCUT2D eigenvalue weighted by molar-refractivity contribution is -0.121. The summed E-state index contributed by atoms with van der Waals surface area (Å²) in [5.74, 6) is 0.138. The first-order valence-corrected chi connectivity index (χ1v) is 7.52. The Labute approximate surface area is 117 Å². The number of aromatic nitrogens is 2. The predicted molar refractivity (Wildman–Crippen MR) is 78.1 cm³/mol. The summed E-state index contributed by atoms with van der Waals surface area (Å²) in [6.45, 7) is 2.74. The zero-order valence-corrected chi connectivity index (χ0v) is 11.9. The molecule has 1 amide bonds. The lowest BCUT2D eigenvalue weighted by Gasteiger charge is -2.04. The Morgan fingerprint density at radius 3 is 3.16 bits per heavy atom. The van der Waals surface area contributed by atoms with Crippen molar-refractivity contribution in [2.75, 3.05) is 6.54 Å². The highest BCUT2D eigenvalue weighted by atomic mass is 32.1. The van der Waals surface area contributed by atoms with Crippen LogP contribution in [-0.4, -0.2) is 22.4 Å². The van der Waals surface area contributed by atoms with E-state index in [1.807, 2.05) is 11.4 Å². The van der Waals surface area contributed by atoms with Gasteiger partial charge in [-0.25, -0.2) is 4.98 Å². The predicted octanol–water partition coefficient (Wildman–Crippen LogP) is 2.99. The first-order valence-electron chi connectivity index (χ1n) is 6.64. The highest BCUT2D eigenvalue weighted by Crippen LogP contribution is 2.25. The van der Waals surface area contributed by atoms with Gasteiger partial charge in [-0.15, -0.1) is 11.3 Å². The van der Waals surface area contributed by atoms with E-state index in [1.54, 1.807) is 17.7 Å². The standard InChI is InChI=1S/C14H19N3OS/c1-2-3-6-13(18)15-8-7-11-14(17-10-16-11)12-5-4-9-19-12/h4-5,9-10H,2-3,6-8H2,1H3,(H,15,18)(H,16,17). The Kier molecular flexibility index (Phi) is 5.15. The Morgan fingerprint density at radius 2 is 2.42 bits per heavy atom. The molecule has 0 aliphatic carbocycles. The van der Waals surface area contributed by atoms with E-state index >= 15 is 0 Å². The topological polar surface area (TPSA) is 57.8 Å². The van der Waals surface area contributed by atoms with E-state index in [-0.39, 0.29) is 5.91 Å². The fourth-order valence-electron chi connectivity index (χ4n) is 1.89. The van der Waals surface area contributed by atoms with E-state index in [2.05, 4.69) is 28.3 Å². The molecule has 0 saturated heterocycles. The van der Waals surface area contributed by atoms with Crippen molar-refractivity contribution < 1.29 is 4.79 Å². The molecule has 2 rings (SSSR count). The zero-order valence-electron chi connectivity index (χ0n) is 11.1. The molecule has 2 N–H and O–H groups in total. The second-order valence-corrected chi connectivity index (χ2v) is 5.36. The molecule has 0 unspecified atom stereocenters. The zero-order chi connectivity index (χ0) is 13.5. The number of nitrogens with zero attached hydrogens (tertiary/aromatic N) is 1. The number of carbonyl (C=O) groups is 1. The van der Waals surface area contributed by atoms with E-state index in [0.717, 1.165) is 35.5 Å². The van der Waals surface area contributed by atoms with Gasteiger partial charge in [0.1, 0.15) is 5.69 Å². The van der Waals surface area contributed by atoms with E-state index in [9.17, 15) is 4.79 Å². The molecule has 2 heterocycles. The van der Waals surface area contributed by atoms with Gasteiger partial charge in [-0.3, -0.25) is 4.79 Å². The van der Waals surface area contributed by atoms with Crippen LogP contribution in [0.4, 0.5) is 0 Å². The molecule has 0 spiro atoms. The lowest BCUT2D eigenvalue weighted by Crippen LogP contribution is -2.25. The summed E-state index contributed by atoms with van der Waals surface area (Å²) in [7, 11) is 0. The van der Waals surface area contributed by atoms with Gasteiger partial charge in [0.25, 0.3) is 0 Å². The van der Waals surface area contributed by atoms with Crippen molar-refractivity contribution in [2.24, 2.45) is 0 Å². The van der Waals surface area contributed by atoms with Crippen LogP contribution in [-0.2, 0) is 11.2 Å². The molecule has 19 heavy (non-hydrogen) atoms. The molecule has 0 saturated carbocycles. The van der Waals surface area contributed by atoms with E-state index in [4.69, 9.17) is 0 Å². The lowest BCUT2D eigenvalue weighted by atomic mass is 10.2. The molecule has 0 aromatic carbocycles. The first kappa shape index (κ1) is 13.8. The summed E-state index contributed by atoms with van der Waals surface area (Å²) in [5, 5.41) is 4.99. The number of imidazole rings is 1. The van der Waals surface area contributed by atoms with Crippen LogP contribution in [0.2, 0.25) is 0 Å². The molecule has 5 heteroatoms. The molecule has 0 fully saturated rings. The first-order chi connectivity index (χ1) is 9.31. The summed E-state index contributed by atoms with van der Waals surface area (Å²) in [6, 6.07) is 4.08. The van der Waals surface area contributed by atoms with Gasteiger partial charge < -0.3 is 10.3 Å². The number of amides is 1. The van der Waals surface area contributed by atoms with Crippen molar-refractivity contribution in [1.82, 2.24) is 15.3 Å². The number of H-pyrrole nitrogens is 1. The number of unbranched alkanes of at least 4 members (excludes halogenated alkanes) is 1. The monoisotopic (exact) mass is 277 g/mol. The highest BCUT2D eigenvalue weighted by Gasteiger charge is 2.09. The van der Waals surface area contributed by atoms with Gasteiger partial charge in [0, 0.05) is 25.1 Å². The SMILES string of the molecule is CCCCC(=O)NCCc1[nH]cnc1-c1cccs1. The number of nitrogens with one attached hydrogen (secondary N) is 2. The minimum Gasteiger partial charge on any atom is -0.356 e. The summed E-state index contributed by atoms with van der Waals surface area (Å²) < 4.78 is 0. The van der Waals surface area contributed by atoms with Crippen LogP contribution < -0.4 is 5.32 Å². The third-order valence-corrected chi connectivity index (χ3v) is 3.80. The quantitative estimate of drug-likeness (QED) is 0.817. The van der Waals surface area contributed by atoms with Crippen molar-refractivity contribution in [3.63, 3.8) is 0 Å². The van der Waals surface area contributed by atoms with Crippen molar-refractivity contribution in [3.8, 4) is 10.6 Å². The second kappa shape index (κ2) is 7.09. The van der Waals surface area contributed by atoms with Crippen molar-refractivity contribution in [3.05, 3.63) is 29.5 Å². The minimum atomic E-state index is 0.138. The molecular weight excluding hydrogens is 258 g/mol. The van der Waals surface area contributed by atoms with Crippen LogP contribution in [0.3, 0.4) is 0 Å². The molecule has 2 aromatic rings. The molecule has 0 atom stereocenters. The Balaban J connectivity index is 1.84. The summed E-state index contributed by atoms with van der Waals surface area (Å²) in [4.78, 5) is 20.2. The maximum Gasteiger partial charge on any atom is 0.220 e. The highest BCUT2D eigenvalue weighted by molar-refractivity contribution is 7.13. The van der Waals surface area contributed by atoms with Gasteiger partial charge in [-0.1, -0.05) is 19.4 Å². The third-order valence-electron chi connectivity index (χ3n) is 2.93. The molecule has 4 nitrogen and oxygen atoms in total. The van der Waals surface area contributed by atoms with E-state index < -0.39 is 0 Å². The van der Waals surface area contributed by atoms with Gasteiger partial charge in [0.05, 0.1) is 11.2 Å². The van der Waals surface area contributed by atoms with Crippen molar-refractivity contribution in [1.29, 1.82) is 0 Å². The average Bonchev–Trinajstić information content (AvgIpc) is 3.06. The van der Waals surface area contributed by atoms with Crippen molar-refractivity contribution in [2.45, 2.75) is 32.6 Å². The Hall–Kier alpha value is -1.62. The molecule has 0 aliphatic heterocycles. The molecule has 102 valence electrons. The number of thiophene rings is 1. The van der Waals surface area contributed by atoms with Gasteiger partial charge in [-0.2, -0.15) is 0 Å². The van der Waals surface area contributed by atoms with Crippen LogP contribution in [0, 0.1) is 0 Å². The van der Waals surface area contributed by atoms with Crippen LogP contribution in [0.15, 0.2) is 23.8 Å². The number of carbonyl (C=O) groups excluding carboxylic acids is 1. The summed E-state index contributed by atoms with van der Waals surface area (Å²) >= 11 is 1.68. The minimum absolute atomic E-state index is 0.138. The van der Waals surface area contributed by atoms with E-state index in [0.29, 0.717) is 13.0 Å². The van der Waals surface area contributed by atoms with E-state index in [1.165, 1.54) is 0 Å². The molecular formula is C14H19N3OS. The molecule has 0 radical (unpaired) electrons. The largest absolute Gasteiger partial charge is 0.356 e. The molecule has 0 bridgehead atoms. The maximum absolute atomic E-state index is 11.5. The molecule has 2 aromatic heterocycles. The Bertz CT molecular complexity index is 505. The smallest absolute Gasteiger partial charge is 0.220 e. The summed E-state index contributed by atoms with van der Waals surface area (Å²) in [6.07, 6.45) is 5.12. The molecule has 0 aliphatic rings.